The Kier molecular flexibility index (Phi) is 8.00. The molecule has 1 aliphatic rings. The molecule has 7 nitrogen and oxygen atoms in total. The van der Waals surface area contributed by atoms with Crippen molar-refractivity contribution in [1.82, 2.24) is 20.3 Å². The van der Waals surface area contributed by atoms with Crippen molar-refractivity contribution < 1.29 is 13.2 Å². The van der Waals surface area contributed by atoms with Crippen LogP contribution in [-0.4, -0.2) is 33.1 Å². The maximum Gasteiger partial charge on any atom is 0.252 e. The number of methoxy groups -OCH3 is 1. The van der Waals surface area contributed by atoms with E-state index in [0.717, 1.165) is 41.3 Å². The predicted molar refractivity (Wildman–Crippen MR) is 136 cm³/mol. The maximum absolute atomic E-state index is 12.8. The summed E-state index contributed by atoms with van der Waals surface area (Å²) in [7, 11) is -1.96. The van der Waals surface area contributed by atoms with E-state index in [0.29, 0.717) is 18.3 Å². The monoisotopic (exact) mass is 500 g/mol. The second-order valence-corrected chi connectivity index (χ2v) is 11.7. The third-order valence-electron chi connectivity index (χ3n) is 6.09. The fraction of sp³-hybridized carbons (Fsp3) is 0.400. The predicted octanol–water partition coefficient (Wildman–Crippen LogP) is 3.83. The molecule has 0 radical (unpaired) electrons. The molecular weight excluding hydrogens is 468 g/mol. The van der Waals surface area contributed by atoms with Crippen LogP contribution in [0.25, 0.3) is 0 Å². The molecule has 4 rings (SSSR count). The highest BCUT2D eigenvalue weighted by Crippen LogP contribution is 2.26. The lowest BCUT2D eigenvalue weighted by Gasteiger charge is -2.34. The van der Waals surface area contributed by atoms with Crippen molar-refractivity contribution in [3.8, 4) is 5.75 Å². The number of hydrogen-bond donors (Lipinski definition) is 3. The third-order valence-corrected chi connectivity index (χ3v) is 9.17. The van der Waals surface area contributed by atoms with Gasteiger partial charge in [0.1, 0.15) is 5.75 Å². The Hall–Kier alpha value is -2.30. The SMILES string of the molecule is COc1ccc(CNS(=O)(=O)c2sc(C)nc2C)cc1CN[C@H]1CCCN[C@H]1c1ccccc1. The molecule has 1 aliphatic heterocycles. The zero-order valence-electron chi connectivity index (χ0n) is 19.8. The van der Waals surface area contributed by atoms with Gasteiger partial charge < -0.3 is 15.4 Å². The van der Waals surface area contributed by atoms with Gasteiger partial charge in [-0.25, -0.2) is 18.1 Å². The molecule has 3 aromatic rings. The summed E-state index contributed by atoms with van der Waals surface area (Å²) in [6, 6.07) is 16.9. The molecule has 1 saturated heterocycles. The average Bonchev–Trinajstić information content (AvgIpc) is 3.21. The van der Waals surface area contributed by atoms with Crippen LogP contribution in [0.1, 0.15) is 46.3 Å². The van der Waals surface area contributed by atoms with Crippen LogP contribution >= 0.6 is 11.3 Å². The van der Waals surface area contributed by atoms with Gasteiger partial charge in [0, 0.05) is 30.7 Å². The van der Waals surface area contributed by atoms with E-state index in [4.69, 9.17) is 4.74 Å². The van der Waals surface area contributed by atoms with Crippen molar-refractivity contribution in [1.29, 1.82) is 0 Å². The Labute approximate surface area is 206 Å². The molecular formula is C25H32N4O3S2. The van der Waals surface area contributed by atoms with Crippen LogP contribution in [0, 0.1) is 13.8 Å². The number of rotatable bonds is 9. The molecule has 9 heteroatoms. The first-order valence-electron chi connectivity index (χ1n) is 11.5. The van der Waals surface area contributed by atoms with E-state index in [-0.39, 0.29) is 16.8 Å². The Bertz CT molecular complexity index is 1210. The molecule has 1 fully saturated rings. The Morgan fingerprint density at radius 1 is 1.15 bits per heavy atom. The van der Waals surface area contributed by atoms with Gasteiger partial charge >= 0.3 is 0 Å². The quantitative estimate of drug-likeness (QED) is 0.414. The van der Waals surface area contributed by atoms with E-state index in [1.54, 1.807) is 14.0 Å². The van der Waals surface area contributed by atoms with Crippen LogP contribution in [0.2, 0.25) is 0 Å². The molecule has 2 aromatic carbocycles. The van der Waals surface area contributed by atoms with E-state index in [9.17, 15) is 8.42 Å². The molecule has 3 N–H and O–H groups in total. The smallest absolute Gasteiger partial charge is 0.252 e. The molecule has 2 heterocycles. The average molecular weight is 501 g/mol. The molecule has 0 unspecified atom stereocenters. The van der Waals surface area contributed by atoms with Crippen LogP contribution in [-0.2, 0) is 23.1 Å². The number of nitrogens with zero attached hydrogens (tertiary/aromatic N) is 1. The summed E-state index contributed by atoms with van der Waals surface area (Å²) in [5.74, 6) is 0.785. The molecule has 2 atom stereocenters. The minimum absolute atomic E-state index is 0.202. The molecule has 1 aromatic heterocycles. The summed E-state index contributed by atoms with van der Waals surface area (Å²) in [6.45, 7) is 5.37. The minimum Gasteiger partial charge on any atom is -0.496 e. The number of hydrogen-bond acceptors (Lipinski definition) is 7. The summed E-state index contributed by atoms with van der Waals surface area (Å²) < 4.78 is 34.1. The van der Waals surface area contributed by atoms with E-state index < -0.39 is 10.0 Å². The molecule has 182 valence electrons. The van der Waals surface area contributed by atoms with Gasteiger partial charge in [-0.2, -0.15) is 0 Å². The van der Waals surface area contributed by atoms with E-state index in [2.05, 4.69) is 44.6 Å². The first-order chi connectivity index (χ1) is 16.4. The van der Waals surface area contributed by atoms with Crippen LogP contribution in [0.4, 0.5) is 0 Å². The van der Waals surface area contributed by atoms with Crippen molar-refractivity contribution in [3.63, 3.8) is 0 Å². The maximum atomic E-state index is 12.8. The molecule has 0 amide bonds. The zero-order valence-corrected chi connectivity index (χ0v) is 21.4. The number of aromatic nitrogens is 1. The molecule has 0 spiro atoms. The first kappa shape index (κ1) is 24.8. The standard InChI is InChI=1S/C25H32N4O3S2/c1-17-25(33-18(2)29-17)34(30,31)28-15-19-11-12-23(32-3)21(14-19)16-27-22-10-7-13-26-24(22)20-8-5-4-6-9-20/h4-6,8-9,11-12,14,22,24,26-28H,7,10,13,15-16H2,1-3H3/t22-,24-/m0/s1. The van der Waals surface area contributed by atoms with Crippen molar-refractivity contribution in [3.05, 3.63) is 75.9 Å². The summed E-state index contributed by atoms with van der Waals surface area (Å²) in [5.41, 5.74) is 3.69. The van der Waals surface area contributed by atoms with Gasteiger partial charge in [0.15, 0.2) is 4.21 Å². The van der Waals surface area contributed by atoms with Gasteiger partial charge in [0.05, 0.1) is 17.8 Å². The van der Waals surface area contributed by atoms with Gasteiger partial charge in [-0.05, 0) is 56.5 Å². The van der Waals surface area contributed by atoms with Crippen LogP contribution in [0.3, 0.4) is 0 Å². The largest absolute Gasteiger partial charge is 0.496 e. The Balaban J connectivity index is 1.45. The number of benzene rings is 2. The Morgan fingerprint density at radius 2 is 1.94 bits per heavy atom. The lowest BCUT2D eigenvalue weighted by atomic mass is 9.92. The fourth-order valence-corrected chi connectivity index (χ4v) is 6.99. The third kappa shape index (κ3) is 5.84. The topological polar surface area (TPSA) is 92.3 Å². The molecule has 0 aliphatic carbocycles. The summed E-state index contributed by atoms with van der Waals surface area (Å²) in [6.07, 6.45) is 2.21. The normalized spacial score (nSPS) is 18.7. The Morgan fingerprint density at radius 3 is 2.65 bits per heavy atom. The van der Waals surface area contributed by atoms with Crippen molar-refractivity contribution in [2.45, 2.75) is 56.1 Å². The highest BCUT2D eigenvalue weighted by Gasteiger charge is 2.26. The van der Waals surface area contributed by atoms with Gasteiger partial charge in [0.25, 0.3) is 10.0 Å². The number of sulfonamides is 1. The lowest BCUT2D eigenvalue weighted by Crippen LogP contribution is -2.45. The number of aryl methyl sites for hydroxylation is 2. The van der Waals surface area contributed by atoms with Crippen molar-refractivity contribution in [2.24, 2.45) is 0 Å². The van der Waals surface area contributed by atoms with Crippen molar-refractivity contribution in [2.75, 3.05) is 13.7 Å². The highest BCUT2D eigenvalue weighted by molar-refractivity contribution is 7.91. The van der Waals surface area contributed by atoms with Gasteiger partial charge in [-0.3, -0.25) is 0 Å². The fourth-order valence-electron chi connectivity index (χ4n) is 4.45. The van der Waals surface area contributed by atoms with E-state index in [1.807, 2.05) is 31.2 Å². The van der Waals surface area contributed by atoms with Crippen LogP contribution < -0.4 is 20.1 Å². The zero-order chi connectivity index (χ0) is 24.1. The number of nitrogens with one attached hydrogen (secondary N) is 3. The second-order valence-electron chi connectivity index (χ2n) is 8.55. The van der Waals surface area contributed by atoms with Crippen LogP contribution in [0.5, 0.6) is 5.75 Å². The lowest BCUT2D eigenvalue weighted by molar-refractivity contribution is 0.303. The minimum atomic E-state index is -3.61. The highest BCUT2D eigenvalue weighted by atomic mass is 32.2. The van der Waals surface area contributed by atoms with Gasteiger partial charge in [-0.1, -0.05) is 36.4 Å². The summed E-state index contributed by atoms with van der Waals surface area (Å²) in [5, 5.41) is 8.09. The number of ether oxygens (including phenoxy) is 1. The summed E-state index contributed by atoms with van der Waals surface area (Å²) in [4.78, 5) is 4.24. The van der Waals surface area contributed by atoms with Gasteiger partial charge in [0.2, 0.25) is 0 Å². The molecule has 0 bridgehead atoms. The molecule has 34 heavy (non-hydrogen) atoms. The number of thiazole rings is 1. The molecule has 0 saturated carbocycles. The van der Waals surface area contributed by atoms with Crippen molar-refractivity contribution >= 4 is 21.4 Å². The van der Waals surface area contributed by atoms with E-state index in [1.165, 1.54) is 16.9 Å². The van der Waals surface area contributed by atoms with Gasteiger partial charge in [-0.15, -0.1) is 11.3 Å². The van der Waals surface area contributed by atoms with E-state index >= 15 is 0 Å². The number of piperidine rings is 1. The second kappa shape index (κ2) is 11.0. The summed E-state index contributed by atoms with van der Waals surface area (Å²) >= 11 is 1.19. The first-order valence-corrected chi connectivity index (χ1v) is 13.8. The van der Waals surface area contributed by atoms with Crippen LogP contribution in [0.15, 0.2) is 52.7 Å².